The van der Waals surface area contributed by atoms with Crippen LogP contribution in [0.5, 0.6) is 0 Å². The van der Waals surface area contributed by atoms with E-state index in [1.165, 1.54) is 17.0 Å². The first-order chi connectivity index (χ1) is 20.1. The van der Waals surface area contributed by atoms with E-state index in [0.29, 0.717) is 24.2 Å². The fourth-order valence-corrected chi connectivity index (χ4v) is 6.20. The van der Waals surface area contributed by atoms with E-state index in [0.717, 1.165) is 50.2 Å². The zero-order valence-corrected chi connectivity index (χ0v) is 24.5. The van der Waals surface area contributed by atoms with Crippen LogP contribution in [0.3, 0.4) is 0 Å². The lowest BCUT2D eigenvalue weighted by Crippen LogP contribution is -2.47. The predicted molar refractivity (Wildman–Crippen MR) is 160 cm³/mol. The minimum Gasteiger partial charge on any atom is -0.366 e. The molecule has 4 rings (SSSR count). The third kappa shape index (κ3) is 6.28. The van der Waals surface area contributed by atoms with Crippen LogP contribution in [0.4, 0.5) is 10.5 Å². The Kier molecular flexibility index (Phi) is 9.57. The summed E-state index contributed by atoms with van der Waals surface area (Å²) in [5, 5.41) is 14.1. The number of piperidine rings is 1. The zero-order chi connectivity index (χ0) is 30.4. The van der Waals surface area contributed by atoms with Gasteiger partial charge in [-0.3, -0.25) is 24.6 Å². The van der Waals surface area contributed by atoms with Crippen LogP contribution in [-0.4, -0.2) is 58.6 Å². The number of allylic oxidation sites excluding steroid dienone is 3. The third-order valence-corrected chi connectivity index (χ3v) is 8.61. The van der Waals surface area contributed by atoms with E-state index in [4.69, 9.17) is 5.73 Å². The Bertz CT molecular complexity index is 1390. The maximum absolute atomic E-state index is 13.3. The minimum absolute atomic E-state index is 0.0458. The number of nitrogens with two attached hydrogens (primary N) is 1. The molecule has 222 valence electrons. The number of carbonyl (C=O) groups excluding carboxylic acids is 3. The SMILES string of the molecule is CCC1=CC(c2ccc([N+](=O)[O-])cc2)C(C(N)=O)=C(C)N1C(=O)NCCCN1CCC(C(C)=O)(c2ccccc2)CC1. The summed E-state index contributed by atoms with van der Waals surface area (Å²) in [6.07, 6.45) is 4.64. The number of nitrogens with zero attached hydrogens (tertiary/aromatic N) is 3. The largest absolute Gasteiger partial charge is 0.366 e. The van der Waals surface area contributed by atoms with Crippen LogP contribution < -0.4 is 11.1 Å². The Morgan fingerprint density at radius 2 is 1.71 bits per heavy atom. The molecule has 1 fully saturated rings. The number of hydrogen-bond donors (Lipinski definition) is 2. The standard InChI is InChI=1S/C32H39N5O5/c1-4-26-21-28(24-11-13-27(14-12-24)37(41)42)29(30(33)39)22(2)36(26)31(40)34-17-8-18-35-19-15-32(16-20-35,23(3)38)25-9-6-5-7-10-25/h5-7,9-14,21,28H,4,8,15-20H2,1-3H3,(H2,33,39)(H,34,40). The first kappa shape index (κ1) is 30.6. The van der Waals surface area contributed by atoms with Crippen LogP contribution in [-0.2, 0) is 15.0 Å². The van der Waals surface area contributed by atoms with Gasteiger partial charge in [0.1, 0.15) is 5.78 Å². The van der Waals surface area contributed by atoms with Gasteiger partial charge in [-0.05, 0) is 70.3 Å². The van der Waals surface area contributed by atoms with Gasteiger partial charge in [-0.25, -0.2) is 4.79 Å². The summed E-state index contributed by atoms with van der Waals surface area (Å²) in [6.45, 7) is 8.17. The molecule has 10 heteroatoms. The molecule has 0 aliphatic carbocycles. The van der Waals surface area contributed by atoms with E-state index in [-0.39, 0.29) is 23.1 Å². The zero-order valence-electron chi connectivity index (χ0n) is 24.5. The highest BCUT2D eigenvalue weighted by atomic mass is 16.6. The lowest BCUT2D eigenvalue weighted by atomic mass is 9.70. The predicted octanol–water partition coefficient (Wildman–Crippen LogP) is 4.77. The van der Waals surface area contributed by atoms with Crippen molar-refractivity contribution < 1.29 is 19.3 Å². The molecule has 2 aromatic rings. The number of ketones is 1. The average molecular weight is 574 g/mol. The highest BCUT2D eigenvalue weighted by Gasteiger charge is 2.40. The monoisotopic (exact) mass is 573 g/mol. The van der Waals surface area contributed by atoms with Crippen LogP contribution in [0.1, 0.15) is 63.5 Å². The van der Waals surface area contributed by atoms with Crippen molar-refractivity contribution in [3.8, 4) is 0 Å². The van der Waals surface area contributed by atoms with Gasteiger partial charge in [-0.1, -0.05) is 55.5 Å². The summed E-state index contributed by atoms with van der Waals surface area (Å²) >= 11 is 0. The van der Waals surface area contributed by atoms with Gasteiger partial charge in [0, 0.05) is 41.6 Å². The summed E-state index contributed by atoms with van der Waals surface area (Å²) < 4.78 is 0. The highest BCUT2D eigenvalue weighted by Crippen LogP contribution is 2.38. The fourth-order valence-electron chi connectivity index (χ4n) is 6.20. The van der Waals surface area contributed by atoms with Gasteiger partial charge >= 0.3 is 6.03 Å². The summed E-state index contributed by atoms with van der Waals surface area (Å²) in [5.41, 5.74) is 8.50. The highest BCUT2D eigenvalue weighted by molar-refractivity contribution is 5.96. The summed E-state index contributed by atoms with van der Waals surface area (Å²) in [5.74, 6) is -0.960. The molecule has 1 saturated heterocycles. The number of Topliss-reactive ketones (excluding diaryl/α,β-unsaturated/α-hetero) is 1. The van der Waals surface area contributed by atoms with Gasteiger partial charge in [-0.2, -0.15) is 0 Å². The number of nitro groups is 1. The molecule has 3 N–H and O–H groups in total. The molecule has 2 aromatic carbocycles. The molecule has 2 aliphatic heterocycles. The topological polar surface area (TPSA) is 139 Å². The lowest BCUT2D eigenvalue weighted by Gasteiger charge is -2.40. The molecular formula is C32H39N5O5. The maximum atomic E-state index is 13.3. The number of urea groups is 1. The van der Waals surface area contributed by atoms with Gasteiger partial charge < -0.3 is 16.0 Å². The van der Waals surface area contributed by atoms with Crippen molar-refractivity contribution in [1.29, 1.82) is 0 Å². The number of benzene rings is 2. The maximum Gasteiger partial charge on any atom is 0.325 e. The summed E-state index contributed by atoms with van der Waals surface area (Å²) in [6, 6.07) is 15.7. The van der Waals surface area contributed by atoms with Crippen molar-refractivity contribution in [2.75, 3.05) is 26.2 Å². The van der Waals surface area contributed by atoms with Crippen LogP contribution in [0.2, 0.25) is 0 Å². The number of nitrogens with one attached hydrogen (secondary N) is 1. The smallest absolute Gasteiger partial charge is 0.325 e. The van der Waals surface area contributed by atoms with Crippen molar-refractivity contribution in [3.63, 3.8) is 0 Å². The third-order valence-electron chi connectivity index (χ3n) is 8.61. The molecule has 3 amide bonds. The Morgan fingerprint density at radius 1 is 1.07 bits per heavy atom. The normalized spacial score (nSPS) is 18.8. The van der Waals surface area contributed by atoms with Crippen molar-refractivity contribution >= 4 is 23.4 Å². The molecule has 42 heavy (non-hydrogen) atoms. The second-order valence-corrected chi connectivity index (χ2v) is 11.0. The quantitative estimate of drug-likeness (QED) is 0.239. The van der Waals surface area contributed by atoms with Gasteiger partial charge in [-0.15, -0.1) is 0 Å². The van der Waals surface area contributed by atoms with E-state index < -0.39 is 22.2 Å². The average Bonchev–Trinajstić information content (AvgIpc) is 2.99. The molecule has 1 atom stereocenters. The van der Waals surface area contributed by atoms with Gasteiger partial charge in [0.25, 0.3) is 5.69 Å². The van der Waals surface area contributed by atoms with E-state index in [1.54, 1.807) is 26.0 Å². The fraction of sp³-hybridized carbons (Fsp3) is 0.406. The van der Waals surface area contributed by atoms with E-state index in [1.807, 2.05) is 43.3 Å². The molecule has 0 spiro atoms. The number of carbonyl (C=O) groups is 3. The van der Waals surface area contributed by atoms with Gasteiger partial charge in [0.2, 0.25) is 5.91 Å². The molecule has 2 heterocycles. The number of amides is 3. The van der Waals surface area contributed by atoms with E-state index >= 15 is 0 Å². The van der Waals surface area contributed by atoms with Gasteiger partial charge in [0.15, 0.2) is 0 Å². The van der Waals surface area contributed by atoms with Crippen LogP contribution in [0.15, 0.2) is 77.6 Å². The number of rotatable bonds is 10. The molecule has 1 unspecified atom stereocenters. The Balaban J connectivity index is 1.37. The first-order valence-corrected chi connectivity index (χ1v) is 14.4. The molecule has 0 radical (unpaired) electrons. The van der Waals surface area contributed by atoms with Crippen LogP contribution in [0, 0.1) is 10.1 Å². The Hall–Kier alpha value is -4.31. The molecular weight excluding hydrogens is 534 g/mol. The number of likely N-dealkylation sites (tertiary alicyclic amines) is 1. The second kappa shape index (κ2) is 13.1. The molecule has 2 aliphatic rings. The Morgan fingerprint density at radius 3 is 2.26 bits per heavy atom. The van der Waals surface area contributed by atoms with Crippen LogP contribution in [0.25, 0.3) is 0 Å². The molecule has 0 saturated carbocycles. The number of hydrogen-bond acceptors (Lipinski definition) is 6. The minimum atomic E-state index is -0.651. The van der Waals surface area contributed by atoms with Gasteiger partial charge in [0.05, 0.1) is 10.3 Å². The second-order valence-electron chi connectivity index (χ2n) is 11.0. The van der Waals surface area contributed by atoms with Crippen molar-refractivity contribution in [2.45, 2.75) is 57.8 Å². The summed E-state index contributed by atoms with van der Waals surface area (Å²) in [4.78, 5) is 53.0. The number of non-ortho nitro benzene ring substituents is 1. The van der Waals surface area contributed by atoms with E-state index in [2.05, 4.69) is 10.2 Å². The Labute approximate surface area is 246 Å². The number of nitro benzene ring substituents is 1. The summed E-state index contributed by atoms with van der Waals surface area (Å²) in [7, 11) is 0. The molecule has 0 aromatic heterocycles. The first-order valence-electron chi connectivity index (χ1n) is 14.4. The van der Waals surface area contributed by atoms with Crippen molar-refractivity contribution in [3.05, 3.63) is 98.9 Å². The number of primary amides is 1. The van der Waals surface area contributed by atoms with E-state index in [9.17, 15) is 24.5 Å². The molecule has 10 nitrogen and oxygen atoms in total. The van der Waals surface area contributed by atoms with Crippen molar-refractivity contribution in [1.82, 2.24) is 15.1 Å². The molecule has 0 bridgehead atoms. The van der Waals surface area contributed by atoms with Crippen molar-refractivity contribution in [2.24, 2.45) is 5.73 Å². The van der Waals surface area contributed by atoms with Crippen LogP contribution >= 0.6 is 0 Å². The lowest BCUT2D eigenvalue weighted by molar-refractivity contribution is -0.384.